The Kier molecular flexibility index (Phi) is 6.56. The Morgan fingerprint density at radius 2 is 2.08 bits per heavy atom. The highest BCUT2D eigenvalue weighted by Crippen LogP contribution is 2.17. The molecule has 2 rings (SSSR count). The monoisotopic (exact) mass is 345 g/mol. The molecule has 0 saturated carbocycles. The largest absolute Gasteiger partial charge is 0.350 e. The zero-order valence-corrected chi connectivity index (χ0v) is 15.2. The lowest BCUT2D eigenvalue weighted by Crippen LogP contribution is -2.44. The van der Waals surface area contributed by atoms with E-state index < -0.39 is 0 Å². The van der Waals surface area contributed by atoms with Gasteiger partial charge in [0.25, 0.3) is 5.91 Å². The highest BCUT2D eigenvalue weighted by atomic mass is 16.2. The van der Waals surface area contributed by atoms with Crippen molar-refractivity contribution < 1.29 is 14.4 Å². The Hall–Kier alpha value is -2.37. The van der Waals surface area contributed by atoms with Crippen LogP contribution in [0.2, 0.25) is 0 Å². The van der Waals surface area contributed by atoms with Gasteiger partial charge in [0.1, 0.15) is 6.04 Å². The van der Waals surface area contributed by atoms with Gasteiger partial charge >= 0.3 is 0 Å². The van der Waals surface area contributed by atoms with Crippen molar-refractivity contribution in [3.63, 3.8) is 0 Å². The van der Waals surface area contributed by atoms with Gasteiger partial charge in [0, 0.05) is 31.6 Å². The highest BCUT2D eigenvalue weighted by Gasteiger charge is 2.31. The number of nitrogens with zero attached hydrogens (tertiary/aromatic N) is 1. The van der Waals surface area contributed by atoms with Crippen LogP contribution in [0.3, 0.4) is 0 Å². The Labute approximate surface area is 149 Å². The van der Waals surface area contributed by atoms with E-state index in [9.17, 15) is 14.4 Å². The van der Waals surface area contributed by atoms with Gasteiger partial charge in [-0.25, -0.2) is 0 Å². The molecular weight excluding hydrogens is 318 g/mol. The minimum absolute atomic E-state index is 0.0682. The number of benzene rings is 1. The lowest BCUT2D eigenvalue weighted by molar-refractivity contribution is -0.136. The quantitative estimate of drug-likeness (QED) is 0.826. The van der Waals surface area contributed by atoms with E-state index in [0.29, 0.717) is 25.1 Å². The third-order valence-electron chi connectivity index (χ3n) is 4.61. The average molecular weight is 345 g/mol. The fourth-order valence-electron chi connectivity index (χ4n) is 2.95. The minimum atomic E-state index is -0.380. The molecule has 1 aromatic carbocycles. The van der Waals surface area contributed by atoms with Crippen molar-refractivity contribution >= 4 is 17.7 Å². The predicted octanol–water partition coefficient (Wildman–Crippen LogP) is 1.84. The second kappa shape index (κ2) is 8.65. The number of likely N-dealkylation sites (tertiary alicyclic amines) is 1. The number of carbonyl (C=O) groups excluding carboxylic acids is 3. The smallest absolute Gasteiger partial charge is 0.251 e. The molecule has 2 unspecified atom stereocenters. The minimum Gasteiger partial charge on any atom is -0.350 e. The summed E-state index contributed by atoms with van der Waals surface area (Å²) in [5.74, 6) is -0.315. The third kappa shape index (κ3) is 5.05. The zero-order chi connectivity index (χ0) is 18.4. The molecule has 1 heterocycles. The fraction of sp³-hybridized carbons (Fsp3) is 0.526. The van der Waals surface area contributed by atoms with Crippen molar-refractivity contribution in [1.29, 1.82) is 0 Å². The summed E-state index contributed by atoms with van der Waals surface area (Å²) < 4.78 is 0. The van der Waals surface area contributed by atoms with Crippen LogP contribution in [0.15, 0.2) is 24.3 Å². The maximum atomic E-state index is 12.4. The van der Waals surface area contributed by atoms with E-state index in [1.807, 2.05) is 26.0 Å². The van der Waals surface area contributed by atoms with Crippen LogP contribution < -0.4 is 10.6 Å². The molecule has 25 heavy (non-hydrogen) atoms. The molecular formula is C19H27N3O3. The van der Waals surface area contributed by atoms with Crippen LogP contribution in [0.1, 0.15) is 56.0 Å². The molecule has 1 fully saturated rings. The average Bonchev–Trinajstić information content (AvgIpc) is 3.10. The molecule has 3 amide bonds. The summed E-state index contributed by atoms with van der Waals surface area (Å²) in [5.41, 5.74) is 1.44. The fourth-order valence-corrected chi connectivity index (χ4v) is 2.95. The van der Waals surface area contributed by atoms with Crippen molar-refractivity contribution in [3.8, 4) is 0 Å². The molecule has 136 valence electrons. The van der Waals surface area contributed by atoms with Crippen molar-refractivity contribution in [1.82, 2.24) is 15.5 Å². The highest BCUT2D eigenvalue weighted by molar-refractivity contribution is 5.94. The van der Waals surface area contributed by atoms with Gasteiger partial charge in [-0.15, -0.1) is 0 Å². The van der Waals surface area contributed by atoms with E-state index in [2.05, 4.69) is 10.6 Å². The first-order chi connectivity index (χ1) is 11.9. The number of nitrogens with one attached hydrogen (secondary N) is 2. The van der Waals surface area contributed by atoms with Crippen LogP contribution >= 0.6 is 0 Å². The molecule has 1 aliphatic heterocycles. The van der Waals surface area contributed by atoms with Crippen molar-refractivity contribution in [2.24, 2.45) is 0 Å². The molecule has 0 radical (unpaired) electrons. The number of amides is 3. The first-order valence-electron chi connectivity index (χ1n) is 8.87. The van der Waals surface area contributed by atoms with Crippen LogP contribution in [-0.4, -0.2) is 41.2 Å². The number of carbonyl (C=O) groups is 3. The summed E-state index contributed by atoms with van der Waals surface area (Å²) in [5, 5.41) is 5.81. The normalized spacial score (nSPS) is 17.9. The summed E-state index contributed by atoms with van der Waals surface area (Å²) in [6, 6.07) is 6.97. The lowest BCUT2D eigenvalue weighted by atomic mass is 10.1. The van der Waals surface area contributed by atoms with Gasteiger partial charge in [-0.2, -0.15) is 0 Å². The maximum absolute atomic E-state index is 12.4. The van der Waals surface area contributed by atoms with Crippen molar-refractivity contribution in [2.45, 2.75) is 58.7 Å². The molecule has 0 bridgehead atoms. The molecule has 1 aromatic rings. The SMILES string of the molecule is CCC(C)NC(=O)c1cccc(CNC(=O)C2CCCN2C(C)=O)c1. The van der Waals surface area contributed by atoms with Crippen LogP contribution in [0.5, 0.6) is 0 Å². The summed E-state index contributed by atoms with van der Waals surface area (Å²) in [4.78, 5) is 37.7. The van der Waals surface area contributed by atoms with E-state index in [4.69, 9.17) is 0 Å². The Morgan fingerprint density at radius 1 is 1.32 bits per heavy atom. The molecule has 6 heteroatoms. The summed E-state index contributed by atoms with van der Waals surface area (Å²) in [6.07, 6.45) is 2.42. The van der Waals surface area contributed by atoms with Crippen molar-refractivity contribution in [3.05, 3.63) is 35.4 Å². The van der Waals surface area contributed by atoms with Crippen LogP contribution in [0.25, 0.3) is 0 Å². The van der Waals surface area contributed by atoms with Gasteiger partial charge in [0.05, 0.1) is 0 Å². The van der Waals surface area contributed by atoms with Gasteiger partial charge in [0.15, 0.2) is 0 Å². The van der Waals surface area contributed by atoms with E-state index >= 15 is 0 Å². The van der Waals surface area contributed by atoms with Crippen LogP contribution in [0, 0.1) is 0 Å². The van der Waals surface area contributed by atoms with Crippen molar-refractivity contribution in [2.75, 3.05) is 6.54 Å². The van der Waals surface area contributed by atoms with E-state index in [-0.39, 0.29) is 29.8 Å². The Bertz CT molecular complexity index is 645. The second-order valence-corrected chi connectivity index (χ2v) is 6.57. The molecule has 1 saturated heterocycles. The van der Waals surface area contributed by atoms with Gasteiger partial charge in [-0.1, -0.05) is 19.1 Å². The van der Waals surface area contributed by atoms with E-state index in [1.165, 1.54) is 6.92 Å². The summed E-state index contributed by atoms with van der Waals surface area (Å²) >= 11 is 0. The predicted molar refractivity (Wildman–Crippen MR) is 95.9 cm³/mol. The lowest BCUT2D eigenvalue weighted by Gasteiger charge is -2.22. The van der Waals surface area contributed by atoms with Gasteiger partial charge < -0.3 is 15.5 Å². The Balaban J connectivity index is 1.95. The second-order valence-electron chi connectivity index (χ2n) is 6.57. The first kappa shape index (κ1) is 19.0. The number of rotatable bonds is 6. The third-order valence-corrected chi connectivity index (χ3v) is 4.61. The van der Waals surface area contributed by atoms with Crippen LogP contribution in [0.4, 0.5) is 0 Å². The molecule has 6 nitrogen and oxygen atoms in total. The maximum Gasteiger partial charge on any atom is 0.251 e. The first-order valence-corrected chi connectivity index (χ1v) is 8.87. The molecule has 0 spiro atoms. The molecule has 2 N–H and O–H groups in total. The van der Waals surface area contributed by atoms with E-state index in [0.717, 1.165) is 18.4 Å². The molecule has 0 aromatic heterocycles. The van der Waals surface area contributed by atoms with Gasteiger partial charge in [-0.3, -0.25) is 14.4 Å². The van der Waals surface area contributed by atoms with E-state index in [1.54, 1.807) is 17.0 Å². The topological polar surface area (TPSA) is 78.5 Å². The number of hydrogen-bond donors (Lipinski definition) is 2. The molecule has 2 atom stereocenters. The summed E-state index contributed by atoms with van der Waals surface area (Å²) in [7, 11) is 0. The van der Waals surface area contributed by atoms with Gasteiger partial charge in [-0.05, 0) is 43.9 Å². The standard InChI is InChI=1S/C19H27N3O3/c1-4-13(2)21-18(24)16-8-5-7-15(11-16)12-20-19(25)17-9-6-10-22(17)14(3)23/h5,7-8,11,13,17H,4,6,9-10,12H2,1-3H3,(H,20,25)(H,21,24). The van der Waals surface area contributed by atoms with Crippen LogP contribution in [-0.2, 0) is 16.1 Å². The molecule has 0 aliphatic carbocycles. The van der Waals surface area contributed by atoms with Gasteiger partial charge in [0.2, 0.25) is 11.8 Å². The Morgan fingerprint density at radius 3 is 2.76 bits per heavy atom. The number of hydrogen-bond acceptors (Lipinski definition) is 3. The summed E-state index contributed by atoms with van der Waals surface area (Å²) in [6.45, 7) is 6.45. The molecule has 1 aliphatic rings. The zero-order valence-electron chi connectivity index (χ0n) is 15.2.